The molecule has 4 rings (SSSR count). The van der Waals surface area contributed by atoms with E-state index in [4.69, 9.17) is 0 Å². The lowest BCUT2D eigenvalue weighted by atomic mass is 9.89. The molecular weight excluding hydrogens is 278 g/mol. The van der Waals surface area contributed by atoms with Crippen molar-refractivity contribution in [3.05, 3.63) is 90.0 Å². The van der Waals surface area contributed by atoms with Gasteiger partial charge in [0.05, 0.1) is 0 Å². The minimum atomic E-state index is 0.511. The standard InChI is InChI=1S/C22H21N/c1-2-7-17(8-3-1)15-20-16-19(13-14-23-20)22-12-6-10-18-9-4-5-11-21(18)22/h1-13,20,23H,14-16H2. The number of rotatable bonds is 3. The van der Waals surface area contributed by atoms with Gasteiger partial charge in [0.1, 0.15) is 0 Å². The van der Waals surface area contributed by atoms with Gasteiger partial charge in [0.15, 0.2) is 0 Å². The Kier molecular flexibility index (Phi) is 3.95. The van der Waals surface area contributed by atoms with Gasteiger partial charge in [-0.15, -0.1) is 0 Å². The molecule has 0 fully saturated rings. The van der Waals surface area contributed by atoms with E-state index < -0.39 is 0 Å². The second kappa shape index (κ2) is 6.39. The van der Waals surface area contributed by atoms with Gasteiger partial charge in [-0.25, -0.2) is 0 Å². The summed E-state index contributed by atoms with van der Waals surface area (Å²) in [6, 6.07) is 26.6. The first-order chi connectivity index (χ1) is 11.4. The van der Waals surface area contributed by atoms with Crippen LogP contribution in [-0.4, -0.2) is 12.6 Å². The highest BCUT2D eigenvalue weighted by molar-refractivity contribution is 5.94. The maximum Gasteiger partial charge on any atom is 0.0151 e. The quantitative estimate of drug-likeness (QED) is 0.730. The van der Waals surface area contributed by atoms with Crippen LogP contribution in [0.2, 0.25) is 0 Å². The van der Waals surface area contributed by atoms with Crippen LogP contribution in [0.5, 0.6) is 0 Å². The molecule has 0 saturated heterocycles. The smallest absolute Gasteiger partial charge is 0.0151 e. The third-order valence-corrected chi connectivity index (χ3v) is 4.68. The monoisotopic (exact) mass is 299 g/mol. The maximum atomic E-state index is 3.64. The Labute approximate surface area is 137 Å². The van der Waals surface area contributed by atoms with Crippen molar-refractivity contribution < 1.29 is 0 Å². The van der Waals surface area contributed by atoms with Crippen molar-refractivity contribution in [1.82, 2.24) is 5.32 Å². The zero-order valence-corrected chi connectivity index (χ0v) is 13.2. The summed E-state index contributed by atoms with van der Waals surface area (Å²) in [6.45, 7) is 0.954. The van der Waals surface area contributed by atoms with E-state index in [1.54, 1.807) is 0 Å². The first kappa shape index (κ1) is 14.2. The molecule has 0 amide bonds. The summed E-state index contributed by atoms with van der Waals surface area (Å²) in [7, 11) is 0. The first-order valence-corrected chi connectivity index (χ1v) is 8.34. The minimum absolute atomic E-state index is 0.511. The Morgan fingerprint density at radius 2 is 1.61 bits per heavy atom. The molecule has 3 aromatic rings. The third-order valence-electron chi connectivity index (χ3n) is 4.68. The van der Waals surface area contributed by atoms with E-state index in [-0.39, 0.29) is 0 Å². The average molecular weight is 299 g/mol. The molecule has 114 valence electrons. The first-order valence-electron chi connectivity index (χ1n) is 8.34. The lowest BCUT2D eigenvalue weighted by Gasteiger charge is -2.25. The number of hydrogen-bond donors (Lipinski definition) is 1. The van der Waals surface area contributed by atoms with Gasteiger partial charge >= 0.3 is 0 Å². The molecule has 0 aromatic heterocycles. The zero-order chi connectivity index (χ0) is 15.5. The van der Waals surface area contributed by atoms with Gasteiger partial charge in [0.2, 0.25) is 0 Å². The highest BCUT2D eigenvalue weighted by Gasteiger charge is 2.17. The van der Waals surface area contributed by atoms with E-state index >= 15 is 0 Å². The maximum absolute atomic E-state index is 3.64. The van der Waals surface area contributed by atoms with Gasteiger partial charge in [-0.1, -0.05) is 78.9 Å². The molecule has 1 heterocycles. The molecule has 3 aromatic carbocycles. The molecule has 1 unspecified atom stereocenters. The van der Waals surface area contributed by atoms with E-state index in [1.165, 1.54) is 27.5 Å². The van der Waals surface area contributed by atoms with Gasteiger partial charge in [-0.2, -0.15) is 0 Å². The highest BCUT2D eigenvalue weighted by atomic mass is 14.9. The Morgan fingerprint density at radius 3 is 2.52 bits per heavy atom. The summed E-state index contributed by atoms with van der Waals surface area (Å²) in [5, 5.41) is 6.32. The molecule has 1 atom stereocenters. The fourth-order valence-electron chi connectivity index (χ4n) is 3.54. The molecule has 1 N–H and O–H groups in total. The van der Waals surface area contributed by atoms with Crippen molar-refractivity contribution in [3.8, 4) is 0 Å². The summed E-state index contributed by atoms with van der Waals surface area (Å²) in [6.07, 6.45) is 4.52. The number of fused-ring (bicyclic) bond motifs is 1. The largest absolute Gasteiger partial charge is 0.310 e. The van der Waals surface area contributed by atoms with Crippen LogP contribution in [0.25, 0.3) is 16.3 Å². The SMILES string of the molecule is C1=C(c2cccc3ccccc23)CC(Cc2ccccc2)NC1. The summed E-state index contributed by atoms with van der Waals surface area (Å²) in [5.41, 5.74) is 4.27. The van der Waals surface area contributed by atoms with Crippen molar-refractivity contribution in [2.75, 3.05) is 6.54 Å². The Bertz CT molecular complexity index is 827. The van der Waals surface area contributed by atoms with Crippen molar-refractivity contribution in [3.63, 3.8) is 0 Å². The predicted octanol–water partition coefficient (Wildman–Crippen LogP) is 4.83. The molecule has 1 aliphatic rings. The Hall–Kier alpha value is -2.38. The number of hydrogen-bond acceptors (Lipinski definition) is 1. The second-order valence-corrected chi connectivity index (χ2v) is 6.26. The zero-order valence-electron chi connectivity index (χ0n) is 13.2. The van der Waals surface area contributed by atoms with Crippen LogP contribution >= 0.6 is 0 Å². The van der Waals surface area contributed by atoms with E-state index in [9.17, 15) is 0 Å². The van der Waals surface area contributed by atoms with Gasteiger partial charge in [-0.3, -0.25) is 0 Å². The summed E-state index contributed by atoms with van der Waals surface area (Å²) in [4.78, 5) is 0. The van der Waals surface area contributed by atoms with Crippen molar-refractivity contribution in [2.24, 2.45) is 0 Å². The Morgan fingerprint density at radius 1 is 0.826 bits per heavy atom. The minimum Gasteiger partial charge on any atom is -0.310 e. The van der Waals surface area contributed by atoms with Crippen LogP contribution in [0.3, 0.4) is 0 Å². The summed E-state index contributed by atoms with van der Waals surface area (Å²) >= 11 is 0. The normalized spacial score (nSPS) is 17.9. The lowest BCUT2D eigenvalue weighted by Crippen LogP contribution is -2.34. The van der Waals surface area contributed by atoms with Crippen LogP contribution in [0.1, 0.15) is 17.5 Å². The fourth-order valence-corrected chi connectivity index (χ4v) is 3.54. The van der Waals surface area contributed by atoms with Gasteiger partial charge in [-0.05, 0) is 40.3 Å². The highest BCUT2D eigenvalue weighted by Crippen LogP contribution is 2.30. The number of benzene rings is 3. The average Bonchev–Trinajstić information content (AvgIpc) is 2.62. The molecule has 23 heavy (non-hydrogen) atoms. The Balaban J connectivity index is 1.60. The molecular formula is C22H21N. The van der Waals surface area contributed by atoms with Crippen molar-refractivity contribution in [1.29, 1.82) is 0 Å². The molecule has 0 saturated carbocycles. The van der Waals surface area contributed by atoms with E-state index in [0.717, 1.165) is 19.4 Å². The topological polar surface area (TPSA) is 12.0 Å². The predicted molar refractivity (Wildman–Crippen MR) is 98.5 cm³/mol. The van der Waals surface area contributed by atoms with Gasteiger partial charge < -0.3 is 5.32 Å². The van der Waals surface area contributed by atoms with Crippen molar-refractivity contribution in [2.45, 2.75) is 18.9 Å². The molecule has 1 nitrogen and oxygen atoms in total. The van der Waals surface area contributed by atoms with Crippen LogP contribution in [0.15, 0.2) is 78.9 Å². The molecule has 0 spiro atoms. The second-order valence-electron chi connectivity index (χ2n) is 6.26. The van der Waals surface area contributed by atoms with Crippen LogP contribution in [0.4, 0.5) is 0 Å². The van der Waals surface area contributed by atoms with Crippen molar-refractivity contribution >= 4 is 16.3 Å². The fraction of sp³-hybridized carbons (Fsp3) is 0.182. The summed E-state index contributed by atoms with van der Waals surface area (Å²) < 4.78 is 0. The van der Waals surface area contributed by atoms with E-state index in [2.05, 4.69) is 84.2 Å². The lowest BCUT2D eigenvalue weighted by molar-refractivity contribution is 0.533. The summed E-state index contributed by atoms with van der Waals surface area (Å²) in [5.74, 6) is 0. The molecule has 1 aliphatic heterocycles. The number of nitrogens with one attached hydrogen (secondary N) is 1. The van der Waals surface area contributed by atoms with E-state index in [0.29, 0.717) is 6.04 Å². The van der Waals surface area contributed by atoms with Gasteiger partial charge in [0, 0.05) is 12.6 Å². The van der Waals surface area contributed by atoms with Crippen LogP contribution in [0, 0.1) is 0 Å². The van der Waals surface area contributed by atoms with Gasteiger partial charge in [0.25, 0.3) is 0 Å². The van der Waals surface area contributed by atoms with E-state index in [1.807, 2.05) is 0 Å². The molecule has 0 bridgehead atoms. The third kappa shape index (κ3) is 3.06. The van der Waals surface area contributed by atoms with Crippen LogP contribution < -0.4 is 5.32 Å². The van der Waals surface area contributed by atoms with Crippen LogP contribution in [-0.2, 0) is 6.42 Å². The molecule has 1 heteroatoms. The molecule has 0 radical (unpaired) electrons. The molecule has 0 aliphatic carbocycles.